The molecule has 1 aromatic heterocycles. The van der Waals surface area contributed by atoms with E-state index in [0.29, 0.717) is 0 Å². The van der Waals surface area contributed by atoms with E-state index in [9.17, 15) is 0 Å². The Labute approximate surface area is 62.4 Å². The van der Waals surface area contributed by atoms with Crippen molar-refractivity contribution in [3.63, 3.8) is 0 Å². The van der Waals surface area contributed by atoms with Gasteiger partial charge in [0.1, 0.15) is 0 Å². The first-order chi connectivity index (χ1) is 3.83. The minimum absolute atomic E-state index is 0.742. The molecule has 0 aliphatic rings. The van der Waals surface area contributed by atoms with Crippen LogP contribution >= 0.6 is 9.23 Å². The van der Waals surface area contributed by atoms with Gasteiger partial charge < -0.3 is 0 Å². The molecule has 0 bridgehead atoms. The van der Waals surface area contributed by atoms with Gasteiger partial charge in [-0.05, 0) is 0 Å². The molecule has 0 aliphatic heterocycles. The van der Waals surface area contributed by atoms with Crippen LogP contribution in [0.15, 0.2) is 11.5 Å². The molecule has 0 saturated heterocycles. The summed E-state index contributed by atoms with van der Waals surface area (Å²) >= 11 is 3.17. The van der Waals surface area contributed by atoms with Crippen molar-refractivity contribution in [1.82, 2.24) is 14.8 Å². The van der Waals surface area contributed by atoms with Gasteiger partial charge in [0.25, 0.3) is 0 Å². The van der Waals surface area contributed by atoms with E-state index in [2.05, 4.69) is 29.8 Å². The first-order valence-electron chi connectivity index (χ1n) is 1.94. The molecule has 1 aromatic rings. The molecule has 0 atom stereocenters. The van der Waals surface area contributed by atoms with Gasteiger partial charge in [-0.2, -0.15) is 0 Å². The van der Waals surface area contributed by atoms with E-state index in [-0.39, 0.29) is 0 Å². The molecule has 48 valence electrons. The van der Waals surface area contributed by atoms with Gasteiger partial charge in [-0.15, -0.1) is 0 Å². The molecule has 0 spiro atoms. The Morgan fingerprint density at radius 3 is 2.88 bits per heavy atom. The second-order valence-electron chi connectivity index (χ2n) is 1.26. The van der Waals surface area contributed by atoms with E-state index >= 15 is 0 Å². The summed E-state index contributed by atoms with van der Waals surface area (Å²) in [6.07, 6.45) is 1.66. The number of hydrogen-bond acceptors (Lipinski definition) is 3. The van der Waals surface area contributed by atoms with Crippen LogP contribution in [0.1, 0.15) is 0 Å². The molecule has 1 heterocycles. The molecule has 0 aromatic carbocycles. The molecule has 0 unspecified atom stereocenters. The number of aryl methyl sites for hydroxylation is 1. The van der Waals surface area contributed by atoms with Crippen LogP contribution in [0, 0.1) is 0 Å². The predicted molar refractivity (Wildman–Crippen MR) is 26.9 cm³/mol. The molecule has 5 heteroatoms. The zero-order valence-electron chi connectivity index (χ0n) is 4.13. The van der Waals surface area contributed by atoms with Crippen LogP contribution in [0.5, 0.6) is 0 Å². The summed E-state index contributed by atoms with van der Waals surface area (Å²) in [6.45, 7) is 0. The van der Waals surface area contributed by atoms with Gasteiger partial charge >= 0.3 is 62.3 Å². The zero-order valence-corrected chi connectivity index (χ0v) is 6.43. The first kappa shape index (κ1) is 6.35. The summed E-state index contributed by atoms with van der Waals surface area (Å²) < 4.78 is 1.66. The zero-order chi connectivity index (χ0) is 5.98. The van der Waals surface area contributed by atoms with Crippen LogP contribution in [-0.4, -0.2) is 14.8 Å². The average molecular weight is 222 g/mol. The van der Waals surface area contributed by atoms with Crippen molar-refractivity contribution in [3.05, 3.63) is 6.33 Å². The summed E-state index contributed by atoms with van der Waals surface area (Å²) in [5, 5.41) is 4.69. The maximum absolute atomic E-state index is 3.95. The van der Waals surface area contributed by atoms with Gasteiger partial charge in [0, 0.05) is 0 Å². The molecule has 0 saturated carbocycles. The van der Waals surface area contributed by atoms with Crippen LogP contribution in [-0.2, 0) is 26.8 Å². The fourth-order valence-corrected chi connectivity index (χ4v) is 0.996. The third-order valence-electron chi connectivity index (χ3n) is 0.634. The van der Waals surface area contributed by atoms with Crippen LogP contribution in [0.4, 0.5) is 0 Å². The molecule has 1 rings (SSSR count). The van der Waals surface area contributed by atoms with Crippen LogP contribution in [0.3, 0.4) is 0 Å². The number of hydrogen-bond donors (Lipinski definition) is 0. The standard InChI is InChI=1S/C3H5N3S.Ag/c1-6-2-4-3(7)5-6;/h2H,1H3,(H,5,7);/q;+1/p-1. The van der Waals surface area contributed by atoms with E-state index in [0.717, 1.165) is 5.16 Å². The van der Waals surface area contributed by atoms with Gasteiger partial charge in [-0.1, -0.05) is 0 Å². The molecular weight excluding hydrogens is 218 g/mol. The average Bonchev–Trinajstić information content (AvgIpc) is 2.14. The summed E-state index contributed by atoms with van der Waals surface area (Å²) in [4.78, 5) is 3.90. The van der Waals surface area contributed by atoms with Crippen molar-refractivity contribution in [2.24, 2.45) is 7.05 Å². The maximum atomic E-state index is 3.95. The van der Waals surface area contributed by atoms with Crippen molar-refractivity contribution in [1.29, 1.82) is 0 Å². The monoisotopic (exact) mass is 221 g/mol. The third kappa shape index (κ3) is 1.35. The Balaban J connectivity index is 2.84. The molecule has 3 nitrogen and oxygen atoms in total. The second kappa shape index (κ2) is 2.68. The summed E-state index contributed by atoms with van der Waals surface area (Å²) in [7, 11) is 3.19. The Bertz CT molecular complexity index is 175. The summed E-state index contributed by atoms with van der Waals surface area (Å²) in [5.74, 6) is 0. The molecule has 0 aliphatic carbocycles. The molecule has 0 amide bonds. The molecule has 0 fully saturated rings. The SMILES string of the molecule is Cn1cnc([S][Ag])n1. The molecular formula is C3H4AgN3S. The fraction of sp³-hybridized carbons (Fsp3) is 0.333. The first-order valence-corrected chi connectivity index (χ1v) is 4.41. The van der Waals surface area contributed by atoms with Crippen molar-refractivity contribution in [3.8, 4) is 0 Å². The predicted octanol–water partition coefficient (Wildman–Crippen LogP) is 0.369. The van der Waals surface area contributed by atoms with E-state index in [1.165, 1.54) is 9.23 Å². The van der Waals surface area contributed by atoms with Crippen molar-refractivity contribution in [2.75, 3.05) is 0 Å². The summed E-state index contributed by atoms with van der Waals surface area (Å²) in [6, 6.07) is 0. The quantitative estimate of drug-likeness (QED) is 0.643. The third-order valence-corrected chi connectivity index (χ3v) is 1.74. The number of rotatable bonds is 1. The van der Waals surface area contributed by atoms with Crippen molar-refractivity contribution in [2.45, 2.75) is 5.16 Å². The molecule has 0 N–H and O–H groups in total. The van der Waals surface area contributed by atoms with Gasteiger partial charge in [0.05, 0.1) is 0 Å². The van der Waals surface area contributed by atoms with Gasteiger partial charge in [-0.25, -0.2) is 0 Å². The topological polar surface area (TPSA) is 30.7 Å². The Hall–Kier alpha value is 0.230. The Morgan fingerprint density at radius 1 is 1.88 bits per heavy atom. The molecule has 0 radical (unpaired) electrons. The fourth-order valence-electron chi connectivity index (χ4n) is 0.348. The van der Waals surface area contributed by atoms with Crippen molar-refractivity contribution < 1.29 is 19.7 Å². The van der Waals surface area contributed by atoms with E-state index in [1.807, 2.05) is 7.05 Å². The van der Waals surface area contributed by atoms with Crippen LogP contribution in [0.25, 0.3) is 0 Å². The van der Waals surface area contributed by atoms with Crippen LogP contribution in [0.2, 0.25) is 0 Å². The normalized spacial score (nSPS) is 9.88. The summed E-state index contributed by atoms with van der Waals surface area (Å²) in [5.41, 5.74) is 0. The minimum atomic E-state index is 0.742. The van der Waals surface area contributed by atoms with Gasteiger partial charge in [-0.3, -0.25) is 0 Å². The van der Waals surface area contributed by atoms with Crippen molar-refractivity contribution >= 4 is 9.23 Å². The van der Waals surface area contributed by atoms with Crippen LogP contribution < -0.4 is 0 Å². The van der Waals surface area contributed by atoms with E-state index < -0.39 is 0 Å². The Kier molecular flexibility index (Phi) is 2.13. The van der Waals surface area contributed by atoms with Gasteiger partial charge in [0.15, 0.2) is 0 Å². The number of aromatic nitrogens is 3. The molecule has 8 heavy (non-hydrogen) atoms. The van der Waals surface area contributed by atoms with Gasteiger partial charge in [0.2, 0.25) is 0 Å². The number of nitrogens with zero attached hydrogens (tertiary/aromatic N) is 3. The Morgan fingerprint density at radius 2 is 2.62 bits per heavy atom. The van der Waals surface area contributed by atoms with E-state index in [1.54, 1.807) is 11.0 Å². The second-order valence-corrected chi connectivity index (χ2v) is 2.66. The van der Waals surface area contributed by atoms with E-state index in [4.69, 9.17) is 0 Å².